The number of ether oxygens (including phenoxy) is 1. The lowest BCUT2D eigenvalue weighted by molar-refractivity contribution is -0.873. The van der Waals surface area contributed by atoms with Gasteiger partial charge in [-0.05, 0) is 6.92 Å². The first kappa shape index (κ1) is 13.0. The Kier molecular flexibility index (Phi) is 5.44. The standard InChI is InChI=1S/C8H18NOS.HI/c1-7-10-8(6-11-7)5-9(2,3)4;/h7-8H,5-6H2,1-4H3;1H/q+1;/p-1/t7-,8-;/m0./s1. The van der Waals surface area contributed by atoms with Gasteiger partial charge in [0.1, 0.15) is 18.1 Å². The van der Waals surface area contributed by atoms with Crippen molar-refractivity contribution in [2.24, 2.45) is 0 Å². The van der Waals surface area contributed by atoms with Crippen LogP contribution in [0.4, 0.5) is 0 Å². The van der Waals surface area contributed by atoms with Gasteiger partial charge in [0.05, 0.1) is 21.1 Å². The summed E-state index contributed by atoms with van der Waals surface area (Å²) >= 11 is 1.91. The van der Waals surface area contributed by atoms with Crippen LogP contribution < -0.4 is 24.0 Å². The minimum atomic E-state index is 0. The highest BCUT2D eigenvalue weighted by Crippen LogP contribution is 2.25. The fourth-order valence-corrected chi connectivity index (χ4v) is 2.20. The molecule has 1 rings (SSSR count). The second-order valence-electron chi connectivity index (χ2n) is 4.13. The molecule has 0 aliphatic carbocycles. The summed E-state index contributed by atoms with van der Waals surface area (Å²) in [7, 11) is 6.62. The number of nitrogens with zero attached hydrogens (tertiary/aromatic N) is 1. The van der Waals surface area contributed by atoms with Gasteiger partial charge in [-0.25, -0.2) is 0 Å². The van der Waals surface area contributed by atoms with Crippen molar-refractivity contribution in [1.82, 2.24) is 0 Å². The lowest BCUT2D eigenvalue weighted by Crippen LogP contribution is -3.00. The summed E-state index contributed by atoms with van der Waals surface area (Å²) in [5.41, 5.74) is 0.409. The molecule has 1 heterocycles. The molecule has 0 unspecified atom stereocenters. The predicted octanol–water partition coefficient (Wildman–Crippen LogP) is -1.83. The number of thioether (sulfide) groups is 1. The largest absolute Gasteiger partial charge is 1.00 e. The maximum atomic E-state index is 5.68. The molecule has 2 atom stereocenters. The van der Waals surface area contributed by atoms with E-state index in [0.29, 0.717) is 11.5 Å². The van der Waals surface area contributed by atoms with Crippen molar-refractivity contribution in [3.05, 3.63) is 0 Å². The molecule has 12 heavy (non-hydrogen) atoms. The Morgan fingerprint density at radius 3 is 2.33 bits per heavy atom. The van der Waals surface area contributed by atoms with Crippen LogP contribution in [0.1, 0.15) is 6.92 Å². The van der Waals surface area contributed by atoms with Crippen LogP contribution in [-0.2, 0) is 4.74 Å². The van der Waals surface area contributed by atoms with Crippen LogP contribution >= 0.6 is 11.8 Å². The summed E-state index contributed by atoms with van der Waals surface area (Å²) < 4.78 is 6.68. The summed E-state index contributed by atoms with van der Waals surface area (Å²) in [6, 6.07) is 0. The van der Waals surface area contributed by atoms with Crippen molar-refractivity contribution < 1.29 is 33.2 Å². The molecule has 1 fully saturated rings. The third-order valence-electron chi connectivity index (χ3n) is 1.65. The van der Waals surface area contributed by atoms with Crippen LogP contribution in [0.2, 0.25) is 0 Å². The third-order valence-corrected chi connectivity index (χ3v) is 2.80. The van der Waals surface area contributed by atoms with Gasteiger partial charge >= 0.3 is 0 Å². The molecule has 74 valence electrons. The van der Waals surface area contributed by atoms with Gasteiger partial charge in [-0.2, -0.15) is 0 Å². The zero-order chi connectivity index (χ0) is 8.48. The number of likely N-dealkylation sites (N-methyl/N-ethyl adjacent to an activating group) is 1. The molecule has 0 aromatic rings. The number of rotatable bonds is 2. The Balaban J connectivity index is 0.00000121. The third kappa shape index (κ3) is 4.89. The zero-order valence-corrected chi connectivity index (χ0v) is 11.2. The highest BCUT2D eigenvalue weighted by Gasteiger charge is 2.26. The van der Waals surface area contributed by atoms with E-state index in [0.717, 1.165) is 16.8 Å². The van der Waals surface area contributed by atoms with Crippen LogP contribution in [-0.4, -0.2) is 49.5 Å². The fourth-order valence-electron chi connectivity index (χ4n) is 1.30. The van der Waals surface area contributed by atoms with Crippen molar-refractivity contribution in [2.45, 2.75) is 18.5 Å². The van der Waals surface area contributed by atoms with Gasteiger partial charge < -0.3 is 33.2 Å². The molecule has 0 aromatic heterocycles. The van der Waals surface area contributed by atoms with E-state index in [1.807, 2.05) is 11.8 Å². The molecule has 1 aliphatic heterocycles. The molecule has 0 bridgehead atoms. The molecule has 0 radical (unpaired) electrons. The molecular weight excluding hydrogens is 285 g/mol. The number of halogens is 1. The normalized spacial score (nSPS) is 30.0. The van der Waals surface area contributed by atoms with Crippen molar-refractivity contribution >= 4 is 11.8 Å². The lowest BCUT2D eigenvalue weighted by Gasteiger charge is -2.26. The van der Waals surface area contributed by atoms with Gasteiger partial charge in [0.15, 0.2) is 0 Å². The topological polar surface area (TPSA) is 9.23 Å². The van der Waals surface area contributed by atoms with Crippen molar-refractivity contribution in [2.75, 3.05) is 33.4 Å². The summed E-state index contributed by atoms with van der Waals surface area (Å²) in [6.07, 6.45) is 0.468. The monoisotopic (exact) mass is 303 g/mol. The van der Waals surface area contributed by atoms with Crippen LogP contribution in [0.15, 0.2) is 0 Å². The Bertz CT molecular complexity index is 138. The maximum absolute atomic E-state index is 5.68. The Morgan fingerprint density at radius 2 is 2.00 bits per heavy atom. The van der Waals surface area contributed by atoms with Crippen molar-refractivity contribution in [3.8, 4) is 0 Å². The minimum absolute atomic E-state index is 0. The average Bonchev–Trinajstić information content (AvgIpc) is 2.10. The summed E-state index contributed by atoms with van der Waals surface area (Å²) in [5.74, 6) is 1.16. The minimum Gasteiger partial charge on any atom is -1.00 e. The molecule has 4 heteroatoms. The molecule has 0 saturated carbocycles. The molecule has 0 aromatic carbocycles. The lowest BCUT2D eigenvalue weighted by atomic mass is 10.3. The van der Waals surface area contributed by atoms with E-state index in [1.165, 1.54) is 0 Å². The molecule has 1 aliphatic rings. The second-order valence-corrected chi connectivity index (χ2v) is 5.46. The smallest absolute Gasteiger partial charge is 0.117 e. The van der Waals surface area contributed by atoms with Gasteiger partial charge in [-0.1, -0.05) is 0 Å². The number of quaternary nitrogens is 1. The number of hydrogen-bond donors (Lipinski definition) is 0. The van der Waals surface area contributed by atoms with Gasteiger partial charge in [0, 0.05) is 5.75 Å². The van der Waals surface area contributed by atoms with E-state index in [4.69, 9.17) is 4.74 Å². The Labute approximate surface area is 96.6 Å². The Morgan fingerprint density at radius 1 is 1.42 bits per heavy atom. The molecule has 0 N–H and O–H groups in total. The average molecular weight is 303 g/mol. The molecular formula is C8H18INOS. The summed E-state index contributed by atoms with van der Waals surface area (Å²) in [6.45, 7) is 3.25. The number of hydrogen-bond acceptors (Lipinski definition) is 2. The highest BCUT2D eigenvalue weighted by molar-refractivity contribution is 7.99. The fraction of sp³-hybridized carbons (Fsp3) is 1.00. The van der Waals surface area contributed by atoms with E-state index >= 15 is 0 Å². The van der Waals surface area contributed by atoms with Gasteiger partial charge in [0.2, 0.25) is 0 Å². The Hall–Kier alpha value is 1.00. The second kappa shape index (κ2) is 5.02. The van der Waals surface area contributed by atoms with Crippen molar-refractivity contribution in [3.63, 3.8) is 0 Å². The summed E-state index contributed by atoms with van der Waals surface area (Å²) in [5, 5.41) is 0. The first-order valence-electron chi connectivity index (χ1n) is 4.05. The van der Waals surface area contributed by atoms with Crippen LogP contribution in [0.3, 0.4) is 0 Å². The first-order chi connectivity index (χ1) is 4.97. The van der Waals surface area contributed by atoms with Gasteiger partial charge in [-0.15, -0.1) is 11.8 Å². The van der Waals surface area contributed by atoms with E-state index < -0.39 is 0 Å². The molecule has 0 amide bonds. The van der Waals surface area contributed by atoms with E-state index in [-0.39, 0.29) is 24.0 Å². The SMILES string of the molecule is C[C@H]1O[C@@H](C[N+](C)(C)C)CS1.[I-]. The van der Waals surface area contributed by atoms with Gasteiger partial charge in [-0.3, -0.25) is 0 Å². The molecule has 2 nitrogen and oxygen atoms in total. The maximum Gasteiger partial charge on any atom is 0.117 e. The summed E-state index contributed by atoms with van der Waals surface area (Å²) in [4.78, 5) is 0. The highest BCUT2D eigenvalue weighted by atomic mass is 127. The molecule has 0 spiro atoms. The quantitative estimate of drug-likeness (QED) is 0.439. The van der Waals surface area contributed by atoms with Crippen LogP contribution in [0.25, 0.3) is 0 Å². The molecule has 1 saturated heterocycles. The zero-order valence-electron chi connectivity index (χ0n) is 8.21. The van der Waals surface area contributed by atoms with Crippen LogP contribution in [0, 0.1) is 0 Å². The van der Waals surface area contributed by atoms with E-state index in [2.05, 4.69) is 28.1 Å². The van der Waals surface area contributed by atoms with Crippen molar-refractivity contribution in [1.29, 1.82) is 0 Å². The van der Waals surface area contributed by atoms with E-state index in [9.17, 15) is 0 Å². The van der Waals surface area contributed by atoms with Gasteiger partial charge in [0.25, 0.3) is 0 Å². The van der Waals surface area contributed by atoms with Crippen LogP contribution in [0.5, 0.6) is 0 Å². The van der Waals surface area contributed by atoms with E-state index in [1.54, 1.807) is 0 Å². The first-order valence-corrected chi connectivity index (χ1v) is 5.10. The predicted molar refractivity (Wildman–Crippen MR) is 49.7 cm³/mol.